The third-order valence-corrected chi connectivity index (χ3v) is 4.77. The largest absolute Gasteiger partial charge is 0.383 e. The number of benzene rings is 2. The summed E-state index contributed by atoms with van der Waals surface area (Å²) in [6, 6.07) is 14.8. The molecule has 0 saturated carbocycles. The Balaban J connectivity index is 1.51. The third kappa shape index (κ3) is 4.85. The summed E-state index contributed by atoms with van der Waals surface area (Å²) in [6.07, 6.45) is 0. The number of aromatic nitrogens is 2. The van der Waals surface area contributed by atoms with Crippen LogP contribution in [-0.2, 0) is 0 Å². The van der Waals surface area contributed by atoms with Crippen LogP contribution in [0.2, 0.25) is 10.0 Å². The van der Waals surface area contributed by atoms with E-state index in [0.717, 1.165) is 12.2 Å². The Morgan fingerprint density at radius 3 is 2.27 bits per heavy atom. The zero-order chi connectivity index (χ0) is 18.4. The fourth-order valence-corrected chi connectivity index (χ4v) is 3.39. The number of nitrogens with zero attached hydrogens (tertiary/aromatic N) is 2. The van der Waals surface area contributed by atoms with Crippen molar-refractivity contribution >= 4 is 56.4 Å². The summed E-state index contributed by atoms with van der Waals surface area (Å²) in [5.74, 6) is -0.422. The van der Waals surface area contributed by atoms with Crippen molar-refractivity contribution in [3.8, 4) is 0 Å². The Kier molecular flexibility index (Phi) is 6.27. The molecule has 0 bridgehead atoms. The molecule has 3 rings (SSSR count). The molecule has 0 fully saturated rings. The van der Waals surface area contributed by atoms with Gasteiger partial charge in [-0.2, -0.15) is 0 Å². The van der Waals surface area contributed by atoms with Crippen LogP contribution in [0.1, 0.15) is 10.4 Å². The lowest BCUT2D eigenvalue weighted by Gasteiger charge is -2.06. The van der Waals surface area contributed by atoms with E-state index >= 15 is 0 Å². The maximum absolute atomic E-state index is 12.3. The molecule has 9 heteroatoms. The minimum atomic E-state index is -0.422. The number of carbonyl (C=O) groups excluding carboxylic acids is 1. The molecule has 3 N–H and O–H groups in total. The number of nitrogens with one attached hydrogen (secondary N) is 3. The molecule has 0 spiro atoms. The van der Waals surface area contributed by atoms with Crippen molar-refractivity contribution in [2.45, 2.75) is 0 Å². The smallest absolute Gasteiger partial charge is 0.260 e. The van der Waals surface area contributed by atoms with Crippen LogP contribution in [0, 0.1) is 0 Å². The van der Waals surface area contributed by atoms with Crippen LogP contribution in [0.25, 0.3) is 0 Å². The van der Waals surface area contributed by atoms with Gasteiger partial charge in [0.2, 0.25) is 10.3 Å². The second kappa shape index (κ2) is 8.84. The van der Waals surface area contributed by atoms with E-state index in [2.05, 4.69) is 26.1 Å². The SMILES string of the molecule is O=C(Nc1nnc(NCCNc2ccccc2)s1)c1c(Cl)cccc1Cl. The summed E-state index contributed by atoms with van der Waals surface area (Å²) >= 11 is 13.3. The molecular weight excluding hydrogens is 393 g/mol. The quantitative estimate of drug-likeness (QED) is 0.497. The molecule has 0 aliphatic heterocycles. The second-order valence-electron chi connectivity index (χ2n) is 5.18. The highest BCUT2D eigenvalue weighted by molar-refractivity contribution is 7.19. The molecule has 1 aromatic heterocycles. The number of amides is 1. The molecule has 0 atom stereocenters. The standard InChI is InChI=1S/C17H15Cl2N5OS/c18-12-7-4-8-13(19)14(12)15(25)22-17-24-23-16(26-17)21-10-9-20-11-5-2-1-3-6-11/h1-8,20H,9-10H2,(H,21,23)(H,22,24,25). The molecule has 0 aliphatic carbocycles. The highest BCUT2D eigenvalue weighted by Gasteiger charge is 2.16. The van der Waals surface area contributed by atoms with Gasteiger partial charge in [-0.1, -0.05) is 58.8 Å². The minimum absolute atomic E-state index is 0.215. The Hall–Kier alpha value is -2.35. The lowest BCUT2D eigenvalue weighted by atomic mass is 10.2. The Morgan fingerprint density at radius 2 is 1.54 bits per heavy atom. The molecule has 26 heavy (non-hydrogen) atoms. The second-order valence-corrected chi connectivity index (χ2v) is 6.97. The molecule has 3 aromatic rings. The highest BCUT2D eigenvalue weighted by Crippen LogP contribution is 2.26. The highest BCUT2D eigenvalue weighted by atomic mass is 35.5. The summed E-state index contributed by atoms with van der Waals surface area (Å²) in [7, 11) is 0. The maximum atomic E-state index is 12.3. The van der Waals surface area contributed by atoms with Gasteiger partial charge < -0.3 is 10.6 Å². The van der Waals surface area contributed by atoms with E-state index in [9.17, 15) is 4.79 Å². The zero-order valence-corrected chi connectivity index (χ0v) is 15.8. The van der Waals surface area contributed by atoms with Crippen molar-refractivity contribution in [1.29, 1.82) is 0 Å². The molecule has 134 valence electrons. The van der Waals surface area contributed by atoms with Gasteiger partial charge in [0.05, 0.1) is 15.6 Å². The minimum Gasteiger partial charge on any atom is -0.383 e. The number of para-hydroxylation sites is 1. The number of hydrogen-bond donors (Lipinski definition) is 3. The van der Waals surface area contributed by atoms with Crippen LogP contribution in [0.4, 0.5) is 16.0 Å². The van der Waals surface area contributed by atoms with E-state index < -0.39 is 5.91 Å². The molecule has 0 unspecified atom stereocenters. The van der Waals surface area contributed by atoms with E-state index in [1.165, 1.54) is 11.3 Å². The van der Waals surface area contributed by atoms with E-state index in [-0.39, 0.29) is 15.6 Å². The first-order valence-electron chi connectivity index (χ1n) is 7.75. The first-order valence-corrected chi connectivity index (χ1v) is 9.32. The summed E-state index contributed by atoms with van der Waals surface area (Å²) in [5, 5.41) is 18.6. The van der Waals surface area contributed by atoms with Crippen LogP contribution >= 0.6 is 34.5 Å². The van der Waals surface area contributed by atoms with Crippen LogP contribution in [0.15, 0.2) is 48.5 Å². The van der Waals surface area contributed by atoms with Crippen LogP contribution < -0.4 is 16.0 Å². The Labute approximate surface area is 164 Å². The van der Waals surface area contributed by atoms with E-state index in [4.69, 9.17) is 23.2 Å². The summed E-state index contributed by atoms with van der Waals surface area (Å²) in [6.45, 7) is 1.38. The normalized spacial score (nSPS) is 10.4. The zero-order valence-electron chi connectivity index (χ0n) is 13.5. The van der Waals surface area contributed by atoms with Gasteiger partial charge in [-0.25, -0.2) is 0 Å². The summed E-state index contributed by atoms with van der Waals surface area (Å²) in [5.41, 5.74) is 1.27. The molecule has 0 radical (unpaired) electrons. The average molecular weight is 408 g/mol. The molecule has 0 saturated heterocycles. The molecule has 2 aromatic carbocycles. The number of anilines is 3. The van der Waals surface area contributed by atoms with Gasteiger partial charge in [-0.15, -0.1) is 10.2 Å². The predicted molar refractivity (Wildman–Crippen MR) is 108 cm³/mol. The number of hydrogen-bond acceptors (Lipinski definition) is 6. The third-order valence-electron chi connectivity index (χ3n) is 3.34. The van der Waals surface area contributed by atoms with Crippen molar-refractivity contribution < 1.29 is 4.79 Å². The number of rotatable bonds is 7. The van der Waals surface area contributed by atoms with Gasteiger partial charge in [0, 0.05) is 18.8 Å². The number of halogens is 2. The van der Waals surface area contributed by atoms with Gasteiger partial charge in [-0.3, -0.25) is 10.1 Å². The maximum Gasteiger partial charge on any atom is 0.260 e. The first kappa shape index (κ1) is 18.4. The summed E-state index contributed by atoms with van der Waals surface area (Å²) < 4.78 is 0. The molecular formula is C17H15Cl2N5OS. The van der Waals surface area contributed by atoms with Gasteiger partial charge in [0.25, 0.3) is 5.91 Å². The molecule has 0 aliphatic rings. The monoisotopic (exact) mass is 407 g/mol. The van der Waals surface area contributed by atoms with Crippen LogP contribution in [0.3, 0.4) is 0 Å². The van der Waals surface area contributed by atoms with Crippen molar-refractivity contribution in [3.63, 3.8) is 0 Å². The van der Waals surface area contributed by atoms with E-state index in [1.54, 1.807) is 18.2 Å². The van der Waals surface area contributed by atoms with Gasteiger partial charge in [0.15, 0.2) is 0 Å². The van der Waals surface area contributed by atoms with Crippen molar-refractivity contribution in [2.75, 3.05) is 29.0 Å². The predicted octanol–water partition coefficient (Wildman–Crippen LogP) is 4.62. The van der Waals surface area contributed by atoms with E-state index in [0.29, 0.717) is 16.8 Å². The van der Waals surface area contributed by atoms with Gasteiger partial charge in [-0.05, 0) is 24.3 Å². The van der Waals surface area contributed by atoms with Crippen molar-refractivity contribution in [3.05, 3.63) is 64.1 Å². The van der Waals surface area contributed by atoms with Crippen LogP contribution in [-0.4, -0.2) is 29.2 Å². The fourth-order valence-electron chi connectivity index (χ4n) is 2.15. The van der Waals surface area contributed by atoms with Gasteiger partial charge in [0.1, 0.15) is 0 Å². The lowest BCUT2D eigenvalue weighted by molar-refractivity contribution is 0.102. The molecule has 6 nitrogen and oxygen atoms in total. The molecule has 1 heterocycles. The van der Waals surface area contributed by atoms with Gasteiger partial charge >= 0.3 is 0 Å². The lowest BCUT2D eigenvalue weighted by Crippen LogP contribution is -2.13. The van der Waals surface area contributed by atoms with Crippen LogP contribution in [0.5, 0.6) is 0 Å². The number of carbonyl (C=O) groups is 1. The average Bonchev–Trinajstić information content (AvgIpc) is 3.07. The van der Waals surface area contributed by atoms with Crippen molar-refractivity contribution in [1.82, 2.24) is 10.2 Å². The van der Waals surface area contributed by atoms with E-state index in [1.807, 2.05) is 30.3 Å². The molecule has 1 amide bonds. The first-order chi connectivity index (χ1) is 12.6. The Bertz CT molecular complexity index is 868. The summed E-state index contributed by atoms with van der Waals surface area (Å²) in [4.78, 5) is 12.3. The topological polar surface area (TPSA) is 78.9 Å². The Morgan fingerprint density at radius 1 is 0.885 bits per heavy atom. The van der Waals surface area contributed by atoms with Crippen molar-refractivity contribution in [2.24, 2.45) is 0 Å². The fraction of sp³-hybridized carbons (Fsp3) is 0.118.